The van der Waals surface area contributed by atoms with Crippen LogP contribution in [0.3, 0.4) is 0 Å². The number of imidazole rings is 1. The first-order valence-electron chi connectivity index (χ1n) is 9.42. The fourth-order valence-corrected chi connectivity index (χ4v) is 4.09. The van der Waals surface area contributed by atoms with Gasteiger partial charge in [-0.15, -0.1) is 0 Å². The van der Waals surface area contributed by atoms with Crippen molar-refractivity contribution in [2.75, 3.05) is 18.4 Å². The van der Waals surface area contributed by atoms with Crippen LogP contribution >= 0.6 is 0 Å². The summed E-state index contributed by atoms with van der Waals surface area (Å²) in [6, 6.07) is 6.02. The van der Waals surface area contributed by atoms with Crippen LogP contribution in [0.15, 0.2) is 51.0 Å². The molecule has 0 radical (unpaired) electrons. The number of benzene rings is 1. The number of nitrogens with zero attached hydrogens (tertiary/aromatic N) is 5. The maximum Gasteiger partial charge on any atom is 0.419 e. The van der Waals surface area contributed by atoms with Crippen LogP contribution in [-0.2, 0) is 17.1 Å². The van der Waals surface area contributed by atoms with Crippen LogP contribution in [0.5, 0.6) is 0 Å². The lowest BCUT2D eigenvalue weighted by Gasteiger charge is -2.10. The van der Waals surface area contributed by atoms with Crippen molar-refractivity contribution in [1.29, 1.82) is 0 Å². The Labute approximate surface area is 177 Å². The molecule has 1 aromatic carbocycles. The van der Waals surface area contributed by atoms with E-state index in [9.17, 15) is 13.2 Å². The van der Waals surface area contributed by atoms with Gasteiger partial charge in [0.2, 0.25) is 10.0 Å². The third-order valence-corrected chi connectivity index (χ3v) is 6.41. The SMILES string of the molecule is Cc1ncn(-c2cc(NCCNS(=O)(=O)c3ccc4oc(=O)n(C)c4c3)ncn2)c1C. The fourth-order valence-electron chi connectivity index (χ4n) is 3.04. The smallest absolute Gasteiger partial charge is 0.408 e. The largest absolute Gasteiger partial charge is 0.419 e. The third kappa shape index (κ3) is 4.07. The standard InChI is InChI=1S/C19H21N7O4S/c1-12-13(2)26(11-23-12)18-9-17(21-10-22-18)20-6-7-24-31(28,29)14-4-5-16-15(8-14)25(3)19(27)30-16/h4-5,8-11,24H,6-7H2,1-3H3,(H,20,21,22). The van der Waals surface area contributed by atoms with E-state index in [1.54, 1.807) is 12.4 Å². The van der Waals surface area contributed by atoms with Crippen LogP contribution in [0.2, 0.25) is 0 Å². The summed E-state index contributed by atoms with van der Waals surface area (Å²) in [5.74, 6) is 0.673. The summed E-state index contributed by atoms with van der Waals surface area (Å²) >= 11 is 0. The predicted octanol–water partition coefficient (Wildman–Crippen LogP) is 1.11. The Morgan fingerprint density at radius 1 is 1.10 bits per heavy atom. The van der Waals surface area contributed by atoms with Crippen molar-refractivity contribution in [2.24, 2.45) is 7.05 Å². The van der Waals surface area contributed by atoms with E-state index in [0.717, 1.165) is 11.4 Å². The number of sulfonamides is 1. The summed E-state index contributed by atoms with van der Waals surface area (Å²) in [4.78, 5) is 24.3. The summed E-state index contributed by atoms with van der Waals surface area (Å²) < 4.78 is 35.8. The zero-order valence-corrected chi connectivity index (χ0v) is 18.0. The molecule has 0 spiro atoms. The average Bonchev–Trinajstić information content (AvgIpc) is 3.23. The average molecular weight is 443 g/mol. The van der Waals surface area contributed by atoms with Gasteiger partial charge in [0.05, 0.1) is 16.1 Å². The minimum atomic E-state index is -3.76. The first kappa shape index (κ1) is 20.8. The minimum absolute atomic E-state index is 0.0478. The Balaban J connectivity index is 1.40. The van der Waals surface area contributed by atoms with E-state index >= 15 is 0 Å². The monoisotopic (exact) mass is 443 g/mol. The lowest BCUT2D eigenvalue weighted by molar-refractivity contribution is 0.528. The lowest BCUT2D eigenvalue weighted by atomic mass is 10.3. The number of hydrogen-bond acceptors (Lipinski definition) is 8. The molecule has 0 saturated carbocycles. The molecule has 0 atom stereocenters. The molecule has 162 valence electrons. The molecule has 12 heteroatoms. The molecule has 3 aromatic heterocycles. The predicted molar refractivity (Wildman–Crippen MR) is 114 cm³/mol. The Morgan fingerprint density at radius 3 is 2.65 bits per heavy atom. The van der Waals surface area contributed by atoms with Gasteiger partial charge in [-0.2, -0.15) is 0 Å². The number of aromatic nitrogens is 5. The van der Waals surface area contributed by atoms with Crippen molar-refractivity contribution >= 4 is 26.9 Å². The molecule has 0 saturated heterocycles. The van der Waals surface area contributed by atoms with Gasteiger partial charge < -0.3 is 9.73 Å². The second-order valence-electron chi connectivity index (χ2n) is 6.93. The number of oxazole rings is 1. The van der Waals surface area contributed by atoms with Crippen LogP contribution in [0.25, 0.3) is 16.9 Å². The van der Waals surface area contributed by atoms with Gasteiger partial charge in [0, 0.05) is 31.9 Å². The topological polar surface area (TPSA) is 137 Å². The number of rotatable bonds is 7. The number of anilines is 1. The van der Waals surface area contributed by atoms with Crippen molar-refractivity contribution in [1.82, 2.24) is 28.8 Å². The highest BCUT2D eigenvalue weighted by molar-refractivity contribution is 7.89. The Hall–Kier alpha value is -3.51. The van der Waals surface area contributed by atoms with Crippen molar-refractivity contribution in [3.8, 4) is 5.82 Å². The highest BCUT2D eigenvalue weighted by atomic mass is 32.2. The van der Waals surface area contributed by atoms with Gasteiger partial charge in [0.25, 0.3) is 0 Å². The molecule has 4 aromatic rings. The zero-order valence-electron chi connectivity index (χ0n) is 17.2. The summed E-state index contributed by atoms with van der Waals surface area (Å²) in [5.41, 5.74) is 2.63. The highest BCUT2D eigenvalue weighted by Crippen LogP contribution is 2.18. The van der Waals surface area contributed by atoms with Gasteiger partial charge in [0.15, 0.2) is 5.58 Å². The third-order valence-electron chi connectivity index (χ3n) is 4.95. The molecule has 0 unspecified atom stereocenters. The zero-order chi connectivity index (χ0) is 22.2. The van der Waals surface area contributed by atoms with Crippen molar-refractivity contribution in [3.05, 3.63) is 58.9 Å². The van der Waals surface area contributed by atoms with Crippen molar-refractivity contribution < 1.29 is 12.8 Å². The lowest BCUT2D eigenvalue weighted by Crippen LogP contribution is -2.29. The van der Waals surface area contributed by atoms with E-state index in [0.29, 0.717) is 29.3 Å². The Morgan fingerprint density at radius 2 is 1.90 bits per heavy atom. The molecular weight excluding hydrogens is 422 g/mol. The summed E-state index contributed by atoms with van der Waals surface area (Å²) in [7, 11) is -2.24. The summed E-state index contributed by atoms with van der Waals surface area (Å²) in [6.07, 6.45) is 3.12. The molecule has 0 aliphatic carbocycles. The van der Waals surface area contributed by atoms with Crippen LogP contribution in [0.4, 0.5) is 5.82 Å². The van der Waals surface area contributed by atoms with Gasteiger partial charge >= 0.3 is 5.76 Å². The molecule has 0 aliphatic rings. The molecule has 31 heavy (non-hydrogen) atoms. The van der Waals surface area contributed by atoms with Gasteiger partial charge in [-0.1, -0.05) is 0 Å². The summed E-state index contributed by atoms with van der Waals surface area (Å²) in [6.45, 7) is 4.31. The molecule has 3 heterocycles. The summed E-state index contributed by atoms with van der Waals surface area (Å²) in [5, 5.41) is 3.07. The molecule has 0 bridgehead atoms. The second kappa shape index (κ2) is 7.96. The quantitative estimate of drug-likeness (QED) is 0.405. The first-order chi connectivity index (χ1) is 14.8. The Kier molecular flexibility index (Phi) is 5.33. The van der Waals surface area contributed by atoms with E-state index in [4.69, 9.17) is 4.42 Å². The van der Waals surface area contributed by atoms with E-state index < -0.39 is 15.8 Å². The number of fused-ring (bicyclic) bond motifs is 1. The van der Waals surface area contributed by atoms with Crippen LogP contribution in [-0.4, -0.2) is 45.6 Å². The van der Waals surface area contributed by atoms with Crippen molar-refractivity contribution in [3.63, 3.8) is 0 Å². The maximum atomic E-state index is 12.6. The van der Waals surface area contributed by atoms with E-state index in [-0.39, 0.29) is 11.4 Å². The van der Waals surface area contributed by atoms with Gasteiger partial charge in [-0.05, 0) is 32.0 Å². The molecule has 2 N–H and O–H groups in total. The number of nitrogens with one attached hydrogen (secondary N) is 2. The Bertz CT molecular complexity index is 1420. The minimum Gasteiger partial charge on any atom is -0.408 e. The van der Waals surface area contributed by atoms with Crippen molar-refractivity contribution in [2.45, 2.75) is 18.7 Å². The molecule has 0 fully saturated rings. The van der Waals surface area contributed by atoms with Gasteiger partial charge in [-0.25, -0.2) is 32.9 Å². The normalized spacial score (nSPS) is 11.8. The maximum absolute atomic E-state index is 12.6. The molecule has 0 aliphatic heterocycles. The van der Waals surface area contributed by atoms with E-state index in [2.05, 4.69) is 25.0 Å². The molecule has 4 rings (SSSR count). The van der Waals surface area contributed by atoms with E-state index in [1.165, 1.54) is 36.1 Å². The first-order valence-corrected chi connectivity index (χ1v) is 10.9. The van der Waals surface area contributed by atoms with E-state index in [1.807, 2.05) is 18.4 Å². The number of hydrogen-bond donors (Lipinski definition) is 2. The molecular formula is C19H21N7O4S. The van der Waals surface area contributed by atoms with Crippen LogP contribution in [0, 0.1) is 13.8 Å². The fraction of sp³-hybridized carbons (Fsp3) is 0.263. The number of aryl methyl sites for hydroxylation is 2. The van der Waals surface area contributed by atoms with Gasteiger partial charge in [0.1, 0.15) is 24.3 Å². The highest BCUT2D eigenvalue weighted by Gasteiger charge is 2.16. The second-order valence-corrected chi connectivity index (χ2v) is 8.69. The molecule has 0 amide bonds. The van der Waals surface area contributed by atoms with Crippen LogP contribution < -0.4 is 15.8 Å². The van der Waals surface area contributed by atoms with Gasteiger partial charge in [-0.3, -0.25) is 9.13 Å². The molecule has 11 nitrogen and oxygen atoms in total. The van der Waals surface area contributed by atoms with Crippen LogP contribution in [0.1, 0.15) is 11.4 Å².